The number of fused-ring (bicyclic) bond motifs is 1. The number of rotatable bonds is 8. The highest BCUT2D eigenvalue weighted by Crippen LogP contribution is 2.30. The van der Waals surface area contributed by atoms with Crippen LogP contribution in [0.25, 0.3) is 10.4 Å². The number of amidine groups is 1. The topological polar surface area (TPSA) is 87.1 Å². The molecule has 8 nitrogen and oxygen atoms in total. The van der Waals surface area contributed by atoms with Gasteiger partial charge >= 0.3 is 0 Å². The van der Waals surface area contributed by atoms with Gasteiger partial charge in [0.2, 0.25) is 5.91 Å². The molecule has 2 amide bonds. The van der Waals surface area contributed by atoms with Crippen molar-refractivity contribution in [2.45, 2.75) is 58.8 Å². The molecular weight excluding hydrogens is 510 g/mol. The van der Waals surface area contributed by atoms with Crippen LogP contribution in [0.3, 0.4) is 0 Å². The number of benzene rings is 2. The molecule has 0 bridgehead atoms. The first-order valence-electron chi connectivity index (χ1n) is 13.4. The van der Waals surface area contributed by atoms with Crippen LogP contribution < -0.4 is 5.48 Å². The van der Waals surface area contributed by atoms with Gasteiger partial charge in [0.15, 0.2) is 0 Å². The Morgan fingerprint density at radius 1 is 1.21 bits per heavy atom. The molecular formula is C30H35N5O3S. The molecule has 0 saturated carbocycles. The number of thiazole rings is 1. The van der Waals surface area contributed by atoms with Crippen LogP contribution in [0, 0.1) is 12.8 Å². The van der Waals surface area contributed by atoms with Gasteiger partial charge in [0.25, 0.3) is 5.91 Å². The average molecular weight is 546 g/mol. The molecule has 0 spiro atoms. The number of aryl methyl sites for hydroxylation is 1. The number of likely N-dealkylation sites (tertiary alicyclic amines) is 1. The molecule has 1 N–H and O–H groups in total. The largest absolute Gasteiger partial charge is 0.331 e. The maximum atomic E-state index is 14.0. The maximum Gasteiger partial charge on any atom is 0.255 e. The number of hydrogen-bond donors (Lipinski definition) is 1. The van der Waals surface area contributed by atoms with E-state index in [1.165, 1.54) is 4.88 Å². The highest BCUT2D eigenvalue weighted by molar-refractivity contribution is 7.13. The second-order valence-corrected chi connectivity index (χ2v) is 11.3. The molecule has 2 aliphatic rings. The van der Waals surface area contributed by atoms with E-state index in [0.29, 0.717) is 31.0 Å². The minimum atomic E-state index is -0.544. The van der Waals surface area contributed by atoms with Gasteiger partial charge in [-0.05, 0) is 48.4 Å². The summed E-state index contributed by atoms with van der Waals surface area (Å²) in [5.41, 5.74) is 9.71. The number of nitrogens with zero attached hydrogens (tertiary/aromatic N) is 4. The first-order valence-corrected chi connectivity index (χ1v) is 14.3. The summed E-state index contributed by atoms with van der Waals surface area (Å²) >= 11 is 1.64. The Morgan fingerprint density at radius 2 is 1.97 bits per heavy atom. The molecule has 0 aliphatic carbocycles. The summed E-state index contributed by atoms with van der Waals surface area (Å²) in [6, 6.07) is 15.2. The number of amides is 2. The Kier molecular flexibility index (Phi) is 8.09. The summed E-state index contributed by atoms with van der Waals surface area (Å²) in [5.74, 6) is 0.482. The van der Waals surface area contributed by atoms with Crippen molar-refractivity contribution >= 4 is 29.0 Å². The molecule has 204 valence electrons. The summed E-state index contributed by atoms with van der Waals surface area (Å²) in [7, 11) is 1.56. The zero-order valence-electron chi connectivity index (χ0n) is 22.9. The van der Waals surface area contributed by atoms with Crippen molar-refractivity contribution in [3.05, 3.63) is 76.4 Å². The Morgan fingerprint density at radius 3 is 2.64 bits per heavy atom. The average Bonchev–Trinajstić information content (AvgIpc) is 3.66. The SMILES string of the molecule is CONC(=NCc1ccc(-c2scnc2C)cc1)C1CCCN1C(=O)C(C(C)C)N1Cc2ccccc2C1=O. The van der Waals surface area contributed by atoms with Crippen molar-refractivity contribution in [2.24, 2.45) is 10.9 Å². The van der Waals surface area contributed by atoms with Gasteiger partial charge in [-0.1, -0.05) is 56.3 Å². The van der Waals surface area contributed by atoms with E-state index < -0.39 is 6.04 Å². The van der Waals surface area contributed by atoms with Crippen molar-refractivity contribution in [1.29, 1.82) is 0 Å². The van der Waals surface area contributed by atoms with Crippen molar-refractivity contribution in [3.8, 4) is 10.4 Å². The molecule has 0 radical (unpaired) electrons. The fraction of sp³-hybridized carbons (Fsp3) is 0.400. The summed E-state index contributed by atoms with van der Waals surface area (Å²) in [6.07, 6.45) is 1.65. The van der Waals surface area contributed by atoms with Gasteiger partial charge in [-0.2, -0.15) is 0 Å². The lowest BCUT2D eigenvalue weighted by Gasteiger charge is -2.35. The predicted molar refractivity (Wildman–Crippen MR) is 153 cm³/mol. The highest BCUT2D eigenvalue weighted by atomic mass is 32.1. The van der Waals surface area contributed by atoms with E-state index in [1.54, 1.807) is 23.3 Å². The summed E-state index contributed by atoms with van der Waals surface area (Å²) in [5, 5.41) is 0. The molecule has 3 heterocycles. The van der Waals surface area contributed by atoms with Gasteiger partial charge in [0.05, 0.1) is 35.8 Å². The minimum Gasteiger partial charge on any atom is -0.331 e. The number of nitrogens with one attached hydrogen (secondary N) is 1. The summed E-state index contributed by atoms with van der Waals surface area (Å²) in [6.45, 7) is 7.56. The molecule has 3 aromatic rings. The lowest BCUT2D eigenvalue weighted by atomic mass is 10.0. The van der Waals surface area contributed by atoms with E-state index in [4.69, 9.17) is 9.83 Å². The quantitative estimate of drug-likeness (QED) is 0.249. The molecule has 39 heavy (non-hydrogen) atoms. The van der Waals surface area contributed by atoms with Crippen molar-refractivity contribution in [1.82, 2.24) is 20.3 Å². The summed E-state index contributed by atoms with van der Waals surface area (Å²) < 4.78 is 0. The zero-order valence-corrected chi connectivity index (χ0v) is 23.7. The molecule has 2 unspecified atom stereocenters. The number of carbonyl (C=O) groups is 2. The van der Waals surface area contributed by atoms with Crippen LogP contribution in [0.4, 0.5) is 0 Å². The van der Waals surface area contributed by atoms with Gasteiger partial charge in [-0.15, -0.1) is 11.3 Å². The smallest absolute Gasteiger partial charge is 0.255 e. The van der Waals surface area contributed by atoms with E-state index in [2.05, 4.69) is 34.7 Å². The van der Waals surface area contributed by atoms with Crippen molar-refractivity contribution in [3.63, 3.8) is 0 Å². The molecule has 5 rings (SSSR count). The lowest BCUT2D eigenvalue weighted by Crippen LogP contribution is -2.55. The first kappa shape index (κ1) is 27.0. The molecule has 2 aliphatic heterocycles. The molecule has 9 heteroatoms. The lowest BCUT2D eigenvalue weighted by molar-refractivity contribution is -0.137. The molecule has 1 fully saturated rings. The highest BCUT2D eigenvalue weighted by Gasteiger charge is 2.43. The van der Waals surface area contributed by atoms with Crippen LogP contribution in [0.5, 0.6) is 0 Å². The molecule has 2 atom stereocenters. The standard InChI is InChI=1S/C30H35N5O3S/c1-19(2)26(35-17-23-8-5-6-9-24(23)29(35)36)30(37)34-15-7-10-25(34)28(33-38-4)31-16-21-11-13-22(14-12-21)27-20(3)32-18-39-27/h5-6,8-9,11-14,18-19,25-26H,7,10,15-17H2,1-4H3,(H,31,33). The number of aromatic nitrogens is 1. The fourth-order valence-corrected chi connectivity index (χ4v) is 6.40. The van der Waals surface area contributed by atoms with Crippen molar-refractivity contribution in [2.75, 3.05) is 13.7 Å². The van der Waals surface area contributed by atoms with Crippen LogP contribution in [0.1, 0.15) is 53.9 Å². The van der Waals surface area contributed by atoms with Crippen LogP contribution >= 0.6 is 11.3 Å². The minimum absolute atomic E-state index is 0.0338. The predicted octanol–water partition coefficient (Wildman–Crippen LogP) is 4.84. The van der Waals surface area contributed by atoms with Gasteiger partial charge in [-0.25, -0.2) is 4.98 Å². The van der Waals surface area contributed by atoms with Crippen LogP contribution in [0.15, 0.2) is 59.0 Å². The third-order valence-corrected chi connectivity index (χ3v) is 8.50. The van der Waals surface area contributed by atoms with Crippen molar-refractivity contribution < 1.29 is 14.4 Å². The molecule has 1 saturated heterocycles. The number of aliphatic imine (C=N–C) groups is 1. The van der Waals surface area contributed by atoms with E-state index >= 15 is 0 Å². The van der Waals surface area contributed by atoms with Crippen LogP contribution in [0.2, 0.25) is 0 Å². The Labute approximate surface area is 233 Å². The van der Waals surface area contributed by atoms with Gasteiger partial charge in [0, 0.05) is 18.7 Å². The second kappa shape index (κ2) is 11.7. The van der Waals surface area contributed by atoms with E-state index in [-0.39, 0.29) is 23.8 Å². The number of hydroxylamine groups is 1. The molecule has 1 aromatic heterocycles. The molecule has 2 aromatic carbocycles. The normalized spacial score (nSPS) is 18.1. The van der Waals surface area contributed by atoms with E-state index in [9.17, 15) is 9.59 Å². The van der Waals surface area contributed by atoms with E-state index in [1.807, 2.05) is 55.4 Å². The summed E-state index contributed by atoms with van der Waals surface area (Å²) in [4.78, 5) is 46.6. The Balaban J connectivity index is 1.34. The first-order chi connectivity index (χ1) is 18.9. The number of carbonyl (C=O) groups excluding carboxylic acids is 2. The maximum absolute atomic E-state index is 14.0. The van der Waals surface area contributed by atoms with Gasteiger partial charge in [-0.3, -0.25) is 24.9 Å². The van der Waals surface area contributed by atoms with E-state index in [0.717, 1.165) is 35.2 Å². The second-order valence-electron chi connectivity index (χ2n) is 10.4. The third-order valence-electron chi connectivity index (χ3n) is 7.52. The third kappa shape index (κ3) is 5.46. The Bertz CT molecular complexity index is 1370. The fourth-order valence-electron chi connectivity index (χ4n) is 5.59. The van der Waals surface area contributed by atoms with Crippen LogP contribution in [-0.2, 0) is 22.7 Å². The van der Waals surface area contributed by atoms with Gasteiger partial charge < -0.3 is 9.80 Å². The number of hydrogen-bond acceptors (Lipinski definition) is 6. The zero-order chi connectivity index (χ0) is 27.5. The monoisotopic (exact) mass is 545 g/mol. The van der Waals surface area contributed by atoms with Gasteiger partial charge in [0.1, 0.15) is 11.9 Å². The Hall–Kier alpha value is -3.56. The van der Waals surface area contributed by atoms with Crippen LogP contribution in [-0.4, -0.2) is 58.2 Å².